The van der Waals surface area contributed by atoms with Crippen LogP contribution >= 0.6 is 0 Å². The van der Waals surface area contributed by atoms with E-state index in [4.69, 9.17) is 4.74 Å². The summed E-state index contributed by atoms with van der Waals surface area (Å²) in [4.78, 5) is 24.6. The molecule has 0 aliphatic heterocycles. The van der Waals surface area contributed by atoms with E-state index in [1.165, 1.54) is 385 Å². The first-order valence-electron chi connectivity index (χ1n) is 40.8. The molecule has 0 saturated heterocycles. The first-order chi connectivity index (χ1) is 44.0. The van der Waals surface area contributed by atoms with Gasteiger partial charge in [0.25, 0.3) is 0 Å². The van der Waals surface area contributed by atoms with Crippen molar-refractivity contribution in [1.82, 2.24) is 5.32 Å². The predicted octanol–water partition coefficient (Wildman–Crippen LogP) is 27.0. The molecule has 0 aliphatic carbocycles. The quantitative estimate of drug-likeness (QED) is 0.0320. The Labute approximate surface area is 557 Å². The highest BCUT2D eigenvalue weighted by atomic mass is 16.5. The molecule has 526 valence electrons. The van der Waals surface area contributed by atoms with Gasteiger partial charge in [0.2, 0.25) is 5.91 Å². The summed E-state index contributed by atoms with van der Waals surface area (Å²) in [5.41, 5.74) is 0. The summed E-state index contributed by atoms with van der Waals surface area (Å²) >= 11 is 0. The molecule has 0 aromatic carbocycles. The third-order valence-electron chi connectivity index (χ3n) is 19.1. The van der Waals surface area contributed by atoms with E-state index in [0.717, 1.165) is 44.9 Å². The molecule has 0 aliphatic rings. The zero-order valence-electron chi connectivity index (χ0n) is 60.4. The Bertz CT molecular complexity index is 1440. The molecule has 0 aromatic heterocycles. The third-order valence-corrected chi connectivity index (χ3v) is 19.1. The van der Waals surface area contributed by atoms with Crippen LogP contribution < -0.4 is 5.32 Å². The van der Waals surface area contributed by atoms with Crippen molar-refractivity contribution in [1.29, 1.82) is 0 Å². The van der Waals surface area contributed by atoms with Gasteiger partial charge in [0.15, 0.2) is 0 Å². The Morgan fingerprint density at radius 3 is 0.798 bits per heavy atom. The number of amides is 1. The van der Waals surface area contributed by atoms with Crippen molar-refractivity contribution < 1.29 is 24.5 Å². The van der Waals surface area contributed by atoms with Crippen LogP contribution in [-0.4, -0.2) is 47.4 Å². The predicted molar refractivity (Wildman–Crippen MR) is 393 cm³/mol. The number of rotatable bonds is 77. The van der Waals surface area contributed by atoms with Gasteiger partial charge >= 0.3 is 5.97 Å². The van der Waals surface area contributed by atoms with Crippen molar-refractivity contribution in [2.45, 2.75) is 469 Å². The number of carbonyl (C=O) groups excluding carboxylic acids is 2. The Morgan fingerprint density at radius 2 is 0.528 bits per heavy atom. The summed E-state index contributed by atoms with van der Waals surface area (Å²) in [6.45, 7) is 4.95. The molecule has 2 atom stereocenters. The maximum absolute atomic E-state index is 12.6. The van der Waals surface area contributed by atoms with E-state index in [1.54, 1.807) is 6.08 Å². The van der Waals surface area contributed by atoms with E-state index >= 15 is 0 Å². The Kier molecular flexibility index (Phi) is 76.8. The molecule has 0 rings (SSSR count). The summed E-state index contributed by atoms with van der Waals surface area (Å²) < 4.78 is 5.50. The number of aliphatic hydroxyl groups excluding tert-OH is 2. The monoisotopic (exact) mass is 1250 g/mol. The van der Waals surface area contributed by atoms with Gasteiger partial charge in [-0.2, -0.15) is 0 Å². The van der Waals surface area contributed by atoms with Gasteiger partial charge in [-0.25, -0.2) is 0 Å². The molecule has 0 fully saturated rings. The highest BCUT2D eigenvalue weighted by molar-refractivity contribution is 5.76. The Balaban J connectivity index is 3.37. The van der Waals surface area contributed by atoms with Crippen LogP contribution in [0.1, 0.15) is 457 Å². The summed E-state index contributed by atoms with van der Waals surface area (Å²) in [5.74, 6) is -0.0481. The fraction of sp³-hybridized carbons (Fsp3) is 0.904. The molecular formula is C83H159NO5. The molecule has 1 amide bonds. The minimum Gasteiger partial charge on any atom is -0.466 e. The van der Waals surface area contributed by atoms with E-state index in [9.17, 15) is 19.8 Å². The van der Waals surface area contributed by atoms with Crippen LogP contribution in [0, 0.1) is 0 Å². The maximum Gasteiger partial charge on any atom is 0.305 e. The van der Waals surface area contributed by atoms with E-state index in [-0.39, 0.29) is 18.5 Å². The van der Waals surface area contributed by atoms with Gasteiger partial charge < -0.3 is 20.3 Å². The topological polar surface area (TPSA) is 95.9 Å². The zero-order valence-corrected chi connectivity index (χ0v) is 60.4. The second kappa shape index (κ2) is 78.5. The molecule has 0 saturated carbocycles. The van der Waals surface area contributed by atoms with Crippen LogP contribution in [0.5, 0.6) is 0 Å². The average Bonchev–Trinajstić information content (AvgIpc) is 3.64. The standard InChI is InChI=1S/C83H159NO5/c1-3-5-7-9-11-13-15-17-19-21-22-23-35-38-41-44-47-51-55-59-63-67-71-75-81(86)80(79-85)84-82(87)76-72-68-64-60-56-52-48-45-42-39-36-33-31-29-27-25-24-26-28-30-32-34-37-40-43-46-50-54-58-62-66-70-74-78-89-83(88)77-73-69-65-61-57-53-49-20-18-16-14-12-10-8-6-4-2/h20,28,30,49,71,75,80-81,85-86H,3-19,21-27,29,31-48,50-70,72-74,76-79H2,1-2H3,(H,84,87)/b30-28-,49-20-,75-71+. The molecule has 3 N–H and O–H groups in total. The molecule has 89 heavy (non-hydrogen) atoms. The minimum atomic E-state index is -0.844. The van der Waals surface area contributed by atoms with Crippen molar-refractivity contribution in [2.24, 2.45) is 0 Å². The number of nitrogens with one attached hydrogen (secondary N) is 1. The molecule has 0 radical (unpaired) electrons. The highest BCUT2D eigenvalue weighted by Crippen LogP contribution is 2.20. The van der Waals surface area contributed by atoms with Gasteiger partial charge in [0.1, 0.15) is 0 Å². The third kappa shape index (κ3) is 75.0. The summed E-state index contributed by atoms with van der Waals surface area (Å²) in [6.07, 6.45) is 103. The van der Waals surface area contributed by atoms with Crippen LogP contribution in [0.2, 0.25) is 0 Å². The number of allylic oxidation sites excluding steroid dienone is 5. The van der Waals surface area contributed by atoms with Crippen molar-refractivity contribution in [3.05, 3.63) is 36.5 Å². The molecule has 0 spiro atoms. The first-order valence-corrected chi connectivity index (χ1v) is 40.8. The van der Waals surface area contributed by atoms with Crippen molar-refractivity contribution in [2.75, 3.05) is 13.2 Å². The number of esters is 1. The highest BCUT2D eigenvalue weighted by Gasteiger charge is 2.18. The van der Waals surface area contributed by atoms with Crippen LogP contribution in [0.25, 0.3) is 0 Å². The zero-order chi connectivity index (χ0) is 64.2. The van der Waals surface area contributed by atoms with Crippen LogP contribution in [0.15, 0.2) is 36.5 Å². The van der Waals surface area contributed by atoms with E-state index in [2.05, 4.69) is 43.5 Å². The Hall–Kier alpha value is -1.92. The number of carbonyl (C=O) groups is 2. The number of hydrogen-bond donors (Lipinski definition) is 3. The molecule has 0 bridgehead atoms. The van der Waals surface area contributed by atoms with Crippen LogP contribution in [0.4, 0.5) is 0 Å². The largest absolute Gasteiger partial charge is 0.466 e. The van der Waals surface area contributed by atoms with E-state index in [1.807, 2.05) is 6.08 Å². The minimum absolute atomic E-state index is 0.0119. The van der Waals surface area contributed by atoms with Crippen molar-refractivity contribution in [3.8, 4) is 0 Å². The lowest BCUT2D eigenvalue weighted by Crippen LogP contribution is -2.45. The van der Waals surface area contributed by atoms with Crippen molar-refractivity contribution >= 4 is 11.9 Å². The fourth-order valence-corrected chi connectivity index (χ4v) is 12.9. The SMILES string of the molecule is CCCCCCCCC/C=C\CCCCCCCC(=O)OCCCCCCCCCCCCCC/C=C\CCCCCCCCCCCCCCCCCCCC(=O)NC(CO)C(O)/C=C/CCCCCCCCCCCCCCCCCCCCCCC. The number of unbranched alkanes of at least 4 members (excludes halogenated alkanes) is 62. The van der Waals surface area contributed by atoms with Gasteiger partial charge in [-0.3, -0.25) is 9.59 Å². The van der Waals surface area contributed by atoms with Gasteiger partial charge in [0.05, 0.1) is 25.4 Å². The number of hydrogen-bond acceptors (Lipinski definition) is 5. The average molecular weight is 1250 g/mol. The second-order valence-corrected chi connectivity index (χ2v) is 28.1. The molecule has 0 aromatic rings. The first kappa shape index (κ1) is 87.1. The van der Waals surface area contributed by atoms with Crippen LogP contribution in [-0.2, 0) is 14.3 Å². The molecular weight excluding hydrogens is 1090 g/mol. The molecule has 6 nitrogen and oxygen atoms in total. The Morgan fingerprint density at radius 1 is 0.303 bits per heavy atom. The van der Waals surface area contributed by atoms with Crippen molar-refractivity contribution in [3.63, 3.8) is 0 Å². The van der Waals surface area contributed by atoms with E-state index < -0.39 is 12.1 Å². The summed E-state index contributed by atoms with van der Waals surface area (Å²) in [6, 6.07) is -0.627. The normalized spacial score (nSPS) is 12.6. The van der Waals surface area contributed by atoms with Gasteiger partial charge in [-0.05, 0) is 83.5 Å². The summed E-state index contributed by atoms with van der Waals surface area (Å²) in [7, 11) is 0. The van der Waals surface area contributed by atoms with Gasteiger partial charge in [-0.1, -0.05) is 397 Å². The van der Waals surface area contributed by atoms with Gasteiger partial charge in [-0.15, -0.1) is 0 Å². The number of aliphatic hydroxyl groups is 2. The lowest BCUT2D eigenvalue weighted by molar-refractivity contribution is -0.143. The lowest BCUT2D eigenvalue weighted by Gasteiger charge is -2.20. The van der Waals surface area contributed by atoms with E-state index in [0.29, 0.717) is 19.4 Å². The smallest absolute Gasteiger partial charge is 0.305 e. The lowest BCUT2D eigenvalue weighted by atomic mass is 10.0. The van der Waals surface area contributed by atoms with Crippen LogP contribution in [0.3, 0.4) is 0 Å². The maximum atomic E-state index is 12.6. The summed E-state index contributed by atoms with van der Waals surface area (Å²) in [5, 5.41) is 23.3. The molecule has 6 heteroatoms. The fourth-order valence-electron chi connectivity index (χ4n) is 12.9. The molecule has 2 unspecified atom stereocenters. The number of ether oxygens (including phenoxy) is 1. The van der Waals surface area contributed by atoms with Gasteiger partial charge in [0, 0.05) is 12.8 Å². The second-order valence-electron chi connectivity index (χ2n) is 28.1. The molecule has 0 heterocycles.